The van der Waals surface area contributed by atoms with Gasteiger partial charge < -0.3 is 15.1 Å². The highest BCUT2D eigenvalue weighted by molar-refractivity contribution is 14.0. The molecule has 1 saturated heterocycles. The zero-order valence-corrected chi connectivity index (χ0v) is 20.7. The monoisotopic (exact) mass is 513 g/mol. The summed E-state index contributed by atoms with van der Waals surface area (Å²) in [6, 6.07) is 10.8. The Morgan fingerprint density at radius 3 is 2.45 bits per heavy atom. The second kappa shape index (κ2) is 15.7. The molecule has 0 aromatic heterocycles. The van der Waals surface area contributed by atoms with Gasteiger partial charge in [0.25, 0.3) is 0 Å². The number of piperazine rings is 1. The molecule has 1 aromatic carbocycles. The molecule has 1 aromatic rings. The van der Waals surface area contributed by atoms with E-state index in [2.05, 4.69) is 69.0 Å². The fraction of sp³-hybridized carbons (Fsp3) is 0.609. The Balaban J connectivity index is 0.00000420. The molecule has 29 heavy (non-hydrogen) atoms. The molecular weight excluding hydrogens is 473 g/mol. The van der Waals surface area contributed by atoms with E-state index in [0.717, 1.165) is 38.4 Å². The smallest absolute Gasteiger partial charge is 0.193 e. The van der Waals surface area contributed by atoms with E-state index in [4.69, 9.17) is 0 Å². The molecule has 5 nitrogen and oxygen atoms in total. The Morgan fingerprint density at radius 2 is 1.79 bits per heavy atom. The van der Waals surface area contributed by atoms with E-state index in [0.29, 0.717) is 0 Å². The molecular formula is C23H40IN5. The minimum atomic E-state index is 0. The molecule has 1 heterocycles. The van der Waals surface area contributed by atoms with E-state index >= 15 is 0 Å². The number of allylic oxidation sites excluding steroid dienone is 1. The maximum atomic E-state index is 4.39. The number of halogens is 1. The lowest BCUT2D eigenvalue weighted by Crippen LogP contribution is -2.46. The predicted molar refractivity (Wildman–Crippen MR) is 136 cm³/mol. The van der Waals surface area contributed by atoms with E-state index in [1.807, 2.05) is 13.1 Å². The van der Waals surface area contributed by atoms with Gasteiger partial charge >= 0.3 is 0 Å². The number of nitrogens with zero attached hydrogens (tertiary/aromatic N) is 4. The van der Waals surface area contributed by atoms with Crippen molar-refractivity contribution in [1.29, 1.82) is 0 Å². The van der Waals surface area contributed by atoms with Gasteiger partial charge in [0.1, 0.15) is 0 Å². The van der Waals surface area contributed by atoms with Crippen LogP contribution in [-0.2, 0) is 6.54 Å². The van der Waals surface area contributed by atoms with Crippen molar-refractivity contribution in [3.05, 3.63) is 48.6 Å². The summed E-state index contributed by atoms with van der Waals surface area (Å²) in [5.41, 5.74) is 1.42. The Kier molecular flexibility index (Phi) is 14.0. The molecule has 1 N–H and O–H groups in total. The summed E-state index contributed by atoms with van der Waals surface area (Å²) in [5.74, 6) is 0.999. The van der Waals surface area contributed by atoms with Crippen LogP contribution >= 0.6 is 24.0 Å². The maximum absolute atomic E-state index is 4.39. The molecule has 0 saturated carbocycles. The highest BCUT2D eigenvalue weighted by atomic mass is 127. The van der Waals surface area contributed by atoms with Crippen molar-refractivity contribution in [2.45, 2.75) is 32.2 Å². The van der Waals surface area contributed by atoms with Crippen molar-refractivity contribution >= 4 is 29.9 Å². The molecule has 2 rings (SSSR count). The molecule has 0 radical (unpaired) electrons. The highest BCUT2D eigenvalue weighted by Crippen LogP contribution is 2.09. The molecule has 1 fully saturated rings. The third-order valence-electron chi connectivity index (χ3n) is 5.37. The normalized spacial score (nSPS) is 15.6. The van der Waals surface area contributed by atoms with E-state index in [1.165, 1.54) is 51.1 Å². The molecule has 0 bridgehead atoms. The summed E-state index contributed by atoms with van der Waals surface area (Å²) < 4.78 is 0. The number of unbranched alkanes of at least 4 members (excludes halogenated alkanes) is 2. The van der Waals surface area contributed by atoms with Gasteiger partial charge in [-0.3, -0.25) is 9.89 Å². The number of rotatable bonds is 11. The summed E-state index contributed by atoms with van der Waals surface area (Å²) in [7, 11) is 3.97. The van der Waals surface area contributed by atoms with Gasteiger partial charge in [0.2, 0.25) is 0 Å². The summed E-state index contributed by atoms with van der Waals surface area (Å²) in [4.78, 5) is 11.8. The third kappa shape index (κ3) is 10.5. The molecule has 0 amide bonds. The van der Waals surface area contributed by atoms with E-state index in [-0.39, 0.29) is 24.0 Å². The Morgan fingerprint density at radius 1 is 1.10 bits per heavy atom. The number of benzene rings is 1. The van der Waals surface area contributed by atoms with Crippen LogP contribution in [0, 0.1) is 0 Å². The Bertz CT molecular complexity index is 570. The van der Waals surface area contributed by atoms with Crippen molar-refractivity contribution in [1.82, 2.24) is 20.0 Å². The van der Waals surface area contributed by atoms with Crippen LogP contribution in [0.2, 0.25) is 0 Å². The van der Waals surface area contributed by atoms with Gasteiger partial charge in [0, 0.05) is 59.9 Å². The van der Waals surface area contributed by atoms with Gasteiger partial charge in [0.05, 0.1) is 0 Å². The molecule has 0 aliphatic carbocycles. The maximum Gasteiger partial charge on any atom is 0.193 e. The molecule has 0 atom stereocenters. The van der Waals surface area contributed by atoms with Gasteiger partial charge in [-0.2, -0.15) is 0 Å². The van der Waals surface area contributed by atoms with Crippen molar-refractivity contribution in [3.63, 3.8) is 0 Å². The first-order valence-corrected chi connectivity index (χ1v) is 10.7. The number of hydrogen-bond donors (Lipinski definition) is 1. The fourth-order valence-corrected chi connectivity index (χ4v) is 3.64. The number of hydrogen-bond acceptors (Lipinski definition) is 3. The average Bonchev–Trinajstić information content (AvgIpc) is 2.73. The van der Waals surface area contributed by atoms with Crippen molar-refractivity contribution < 1.29 is 0 Å². The van der Waals surface area contributed by atoms with Crippen LogP contribution in [0.15, 0.2) is 48.0 Å². The highest BCUT2D eigenvalue weighted by Gasteiger charge is 2.16. The van der Waals surface area contributed by atoms with Gasteiger partial charge in [-0.1, -0.05) is 36.4 Å². The van der Waals surface area contributed by atoms with Crippen LogP contribution < -0.4 is 5.32 Å². The lowest BCUT2D eigenvalue weighted by Gasteiger charge is -2.34. The van der Waals surface area contributed by atoms with Crippen molar-refractivity contribution in [2.75, 3.05) is 59.9 Å². The number of aliphatic imine (C=N–C) groups is 1. The van der Waals surface area contributed by atoms with Gasteiger partial charge in [-0.25, -0.2) is 0 Å². The molecule has 0 spiro atoms. The Labute approximate surface area is 195 Å². The topological polar surface area (TPSA) is 34.1 Å². The first-order chi connectivity index (χ1) is 13.7. The number of nitrogens with one attached hydrogen (secondary N) is 1. The Hall–Kier alpha value is -1.12. The molecule has 6 heteroatoms. The predicted octanol–water partition coefficient (Wildman–Crippen LogP) is 3.68. The van der Waals surface area contributed by atoms with Crippen molar-refractivity contribution in [3.8, 4) is 0 Å². The fourth-order valence-electron chi connectivity index (χ4n) is 3.64. The zero-order valence-electron chi connectivity index (χ0n) is 18.4. The van der Waals surface area contributed by atoms with E-state index < -0.39 is 0 Å². The molecule has 1 aliphatic rings. The van der Waals surface area contributed by atoms with E-state index in [9.17, 15) is 0 Å². The van der Waals surface area contributed by atoms with E-state index in [1.54, 1.807) is 0 Å². The van der Waals surface area contributed by atoms with Crippen LogP contribution in [0.1, 0.15) is 31.2 Å². The zero-order chi connectivity index (χ0) is 20.0. The largest absolute Gasteiger partial charge is 0.356 e. The first kappa shape index (κ1) is 25.9. The lowest BCUT2D eigenvalue weighted by molar-refractivity contribution is 0.126. The van der Waals surface area contributed by atoms with Crippen LogP contribution in [0.5, 0.6) is 0 Å². The molecule has 1 aliphatic heterocycles. The van der Waals surface area contributed by atoms with Crippen LogP contribution in [0.3, 0.4) is 0 Å². The second-order valence-electron chi connectivity index (χ2n) is 7.64. The SMILES string of the molecule is C=CCCCN(C)C(=NC)NCCCCN1CCN(Cc2ccccc2)CC1.I. The molecule has 164 valence electrons. The number of guanidine groups is 1. The van der Waals surface area contributed by atoms with Crippen LogP contribution in [-0.4, -0.2) is 80.6 Å². The standard InChI is InChI=1S/C23H39N5.HI/c1-4-5-10-15-26(3)23(24-2)25-14-9-11-16-27-17-19-28(20-18-27)21-22-12-7-6-8-13-22;/h4,6-8,12-13H,1,5,9-11,14-21H2,2-3H3,(H,24,25);1H. The first-order valence-electron chi connectivity index (χ1n) is 10.7. The molecule has 0 unspecified atom stereocenters. The third-order valence-corrected chi connectivity index (χ3v) is 5.37. The summed E-state index contributed by atoms with van der Waals surface area (Å²) in [5, 5.41) is 3.49. The average molecular weight is 514 g/mol. The summed E-state index contributed by atoms with van der Waals surface area (Å²) in [6.45, 7) is 12.8. The summed E-state index contributed by atoms with van der Waals surface area (Å²) in [6.07, 6.45) is 6.58. The van der Waals surface area contributed by atoms with Gasteiger partial charge in [-0.05, 0) is 37.8 Å². The van der Waals surface area contributed by atoms with Crippen LogP contribution in [0.25, 0.3) is 0 Å². The van der Waals surface area contributed by atoms with Gasteiger partial charge in [-0.15, -0.1) is 30.6 Å². The summed E-state index contributed by atoms with van der Waals surface area (Å²) >= 11 is 0. The quantitative estimate of drug-likeness (QED) is 0.161. The second-order valence-corrected chi connectivity index (χ2v) is 7.64. The van der Waals surface area contributed by atoms with Gasteiger partial charge in [0.15, 0.2) is 5.96 Å². The van der Waals surface area contributed by atoms with Crippen LogP contribution in [0.4, 0.5) is 0 Å². The minimum absolute atomic E-state index is 0. The lowest BCUT2D eigenvalue weighted by atomic mass is 10.2. The minimum Gasteiger partial charge on any atom is -0.356 e. The van der Waals surface area contributed by atoms with Crippen molar-refractivity contribution in [2.24, 2.45) is 4.99 Å².